The van der Waals surface area contributed by atoms with Crippen molar-refractivity contribution in [2.75, 3.05) is 31.6 Å². The highest BCUT2D eigenvalue weighted by molar-refractivity contribution is 6.06. The molecule has 2 fully saturated rings. The molecule has 0 saturated carbocycles. The van der Waals surface area contributed by atoms with Gasteiger partial charge in [-0.3, -0.25) is 14.4 Å². The lowest BCUT2D eigenvalue weighted by molar-refractivity contribution is -0.147. The van der Waals surface area contributed by atoms with E-state index in [4.69, 9.17) is 4.74 Å². The number of likely N-dealkylation sites (N-methyl/N-ethyl adjacent to an activating group) is 1. The molecule has 2 saturated heterocycles. The molecule has 0 aliphatic carbocycles. The van der Waals surface area contributed by atoms with Gasteiger partial charge in [-0.25, -0.2) is 0 Å². The minimum Gasteiger partial charge on any atom is -0.394 e. The second-order valence-corrected chi connectivity index (χ2v) is 11.1. The molecule has 2 aromatic carbocycles. The fourth-order valence-electron chi connectivity index (χ4n) is 6.76. The smallest absolute Gasteiger partial charge is 0.253 e. The molecule has 1 spiro atoms. The molecular weight excluding hydrogens is 482 g/mol. The molecule has 4 heterocycles. The largest absolute Gasteiger partial charge is 0.394 e. The molecular formula is C30H33N3O5. The summed E-state index contributed by atoms with van der Waals surface area (Å²) < 4.78 is 6.65. The molecule has 2 aromatic rings. The number of likely N-dealkylation sites (tertiary alicyclic amines) is 1. The molecule has 0 aromatic heterocycles. The van der Waals surface area contributed by atoms with Crippen LogP contribution >= 0.6 is 0 Å². The number of carbonyl (C=O) groups is 3. The normalized spacial score (nSPS) is 31.5. The maximum Gasteiger partial charge on any atom is 0.253 e. The summed E-state index contributed by atoms with van der Waals surface area (Å²) in [5.41, 5.74) is -0.588. The standard InChI is InChI=1S/C30H33N3O5/c1-18(2)22(17-34)33-26-29(37)32(21-12-11-19-8-4-5-9-20(19)16-21)15-7-13-30(26)25(28(33)36)24-23(38-30)10-6-14-31(3)27(24)35/h4-13,16,18,22-26,34H,14-15,17H2,1-3H3/t22-,23+,24-,25-,26?,30-/m0/s1. The summed E-state index contributed by atoms with van der Waals surface area (Å²) in [6, 6.07) is 12.2. The first-order chi connectivity index (χ1) is 18.3. The molecule has 6 atom stereocenters. The maximum absolute atomic E-state index is 14.5. The second kappa shape index (κ2) is 9.06. The molecule has 1 N–H and O–H groups in total. The number of ether oxygens (including phenoxy) is 1. The summed E-state index contributed by atoms with van der Waals surface area (Å²) in [5, 5.41) is 12.5. The lowest BCUT2D eigenvalue weighted by atomic mass is 9.77. The van der Waals surface area contributed by atoms with Crippen LogP contribution in [0.5, 0.6) is 0 Å². The summed E-state index contributed by atoms with van der Waals surface area (Å²) in [7, 11) is 1.72. The number of nitrogens with zero attached hydrogens (tertiary/aromatic N) is 3. The van der Waals surface area contributed by atoms with Gasteiger partial charge in [0.25, 0.3) is 5.91 Å². The van der Waals surface area contributed by atoms with Crippen LogP contribution in [0.4, 0.5) is 5.69 Å². The number of amides is 3. The maximum atomic E-state index is 14.5. The molecule has 0 bridgehead atoms. The van der Waals surface area contributed by atoms with Crippen molar-refractivity contribution in [3.05, 3.63) is 66.8 Å². The van der Waals surface area contributed by atoms with E-state index in [9.17, 15) is 19.5 Å². The van der Waals surface area contributed by atoms with E-state index in [-0.39, 0.29) is 30.2 Å². The number of rotatable bonds is 4. The first-order valence-corrected chi connectivity index (χ1v) is 13.3. The Bertz CT molecular complexity index is 1370. The van der Waals surface area contributed by atoms with Crippen LogP contribution in [0.25, 0.3) is 10.8 Å². The SMILES string of the molecule is CC(C)[C@H](CO)N1C(=O)[C@@H]2[C@H]3C(=O)N(C)CC=C[C@H]3O[C@@]23C=CCN(c2ccc4ccccc4c2)C(=O)C13. The van der Waals surface area contributed by atoms with Gasteiger partial charge < -0.3 is 24.5 Å². The lowest BCUT2D eigenvalue weighted by Gasteiger charge is -2.39. The van der Waals surface area contributed by atoms with E-state index in [0.29, 0.717) is 13.1 Å². The first-order valence-electron chi connectivity index (χ1n) is 13.3. The summed E-state index contributed by atoms with van der Waals surface area (Å²) in [4.78, 5) is 47.1. The zero-order valence-corrected chi connectivity index (χ0v) is 21.9. The van der Waals surface area contributed by atoms with Crippen molar-refractivity contribution in [1.29, 1.82) is 0 Å². The van der Waals surface area contributed by atoms with Gasteiger partial charge in [-0.1, -0.05) is 68.5 Å². The summed E-state index contributed by atoms with van der Waals surface area (Å²) in [5.74, 6) is -2.48. The fourth-order valence-corrected chi connectivity index (χ4v) is 6.76. The van der Waals surface area contributed by atoms with Gasteiger partial charge in [0.1, 0.15) is 11.6 Å². The van der Waals surface area contributed by atoms with E-state index in [2.05, 4.69) is 0 Å². The Hall–Kier alpha value is -3.49. The van der Waals surface area contributed by atoms with Gasteiger partial charge in [0, 0.05) is 25.8 Å². The van der Waals surface area contributed by atoms with Crippen LogP contribution in [0, 0.1) is 17.8 Å². The number of anilines is 1. The van der Waals surface area contributed by atoms with E-state index in [0.717, 1.165) is 16.5 Å². The Balaban J connectivity index is 1.50. The van der Waals surface area contributed by atoms with E-state index < -0.39 is 35.6 Å². The zero-order valence-electron chi connectivity index (χ0n) is 21.9. The topological polar surface area (TPSA) is 90.4 Å². The molecule has 8 nitrogen and oxygen atoms in total. The van der Waals surface area contributed by atoms with Gasteiger partial charge in [0.05, 0.1) is 30.6 Å². The van der Waals surface area contributed by atoms with Crippen LogP contribution in [-0.2, 0) is 19.1 Å². The average Bonchev–Trinajstić information content (AvgIpc) is 3.23. The van der Waals surface area contributed by atoms with Crippen molar-refractivity contribution in [3.8, 4) is 0 Å². The molecule has 6 rings (SSSR count). The van der Waals surface area contributed by atoms with Gasteiger partial charge in [-0.05, 0) is 28.8 Å². The summed E-state index contributed by atoms with van der Waals surface area (Å²) in [6.07, 6.45) is 6.84. The van der Waals surface area contributed by atoms with Crippen LogP contribution in [0.2, 0.25) is 0 Å². The Labute approximate surface area is 222 Å². The molecule has 4 aliphatic rings. The molecule has 1 unspecified atom stereocenters. The third kappa shape index (κ3) is 3.47. The quantitative estimate of drug-likeness (QED) is 0.632. The van der Waals surface area contributed by atoms with Gasteiger partial charge in [-0.2, -0.15) is 0 Å². The van der Waals surface area contributed by atoms with Crippen LogP contribution in [0.15, 0.2) is 66.8 Å². The minimum atomic E-state index is -1.31. The van der Waals surface area contributed by atoms with E-state index >= 15 is 0 Å². The molecule has 3 amide bonds. The third-order valence-corrected chi connectivity index (χ3v) is 8.66. The van der Waals surface area contributed by atoms with Crippen molar-refractivity contribution in [2.24, 2.45) is 17.8 Å². The predicted octanol–water partition coefficient (Wildman–Crippen LogP) is 2.37. The Kier molecular flexibility index (Phi) is 5.92. The highest BCUT2D eigenvalue weighted by Gasteiger charge is 2.72. The highest BCUT2D eigenvalue weighted by Crippen LogP contribution is 2.54. The van der Waals surface area contributed by atoms with E-state index in [1.54, 1.807) is 16.8 Å². The van der Waals surface area contributed by atoms with Crippen molar-refractivity contribution in [3.63, 3.8) is 0 Å². The van der Waals surface area contributed by atoms with E-state index in [1.165, 1.54) is 4.90 Å². The number of fused-ring (bicyclic) bond motifs is 3. The van der Waals surface area contributed by atoms with Crippen molar-refractivity contribution >= 4 is 34.2 Å². The highest BCUT2D eigenvalue weighted by atomic mass is 16.5. The average molecular weight is 516 g/mol. The van der Waals surface area contributed by atoms with Crippen molar-refractivity contribution < 1.29 is 24.2 Å². The Morgan fingerprint density at radius 3 is 2.50 bits per heavy atom. The first kappa shape index (κ1) is 24.8. The summed E-state index contributed by atoms with van der Waals surface area (Å²) in [6.45, 7) is 4.29. The third-order valence-electron chi connectivity index (χ3n) is 8.66. The fraction of sp³-hybridized carbons (Fsp3) is 0.433. The molecule has 4 aliphatic heterocycles. The Morgan fingerprint density at radius 1 is 1.00 bits per heavy atom. The zero-order chi connectivity index (χ0) is 26.8. The Morgan fingerprint density at radius 2 is 1.76 bits per heavy atom. The number of benzene rings is 2. The summed E-state index contributed by atoms with van der Waals surface area (Å²) >= 11 is 0. The molecule has 198 valence electrons. The van der Waals surface area contributed by atoms with Crippen molar-refractivity contribution in [2.45, 2.75) is 37.6 Å². The number of carbonyl (C=O) groups excluding carboxylic acids is 3. The molecule has 0 radical (unpaired) electrons. The van der Waals surface area contributed by atoms with Gasteiger partial charge >= 0.3 is 0 Å². The van der Waals surface area contributed by atoms with E-state index in [1.807, 2.05) is 80.6 Å². The second-order valence-electron chi connectivity index (χ2n) is 11.1. The number of aliphatic hydroxyl groups is 1. The van der Waals surface area contributed by atoms with Crippen LogP contribution in [0.3, 0.4) is 0 Å². The predicted molar refractivity (Wildman–Crippen MR) is 143 cm³/mol. The van der Waals surface area contributed by atoms with Crippen LogP contribution in [0.1, 0.15) is 13.8 Å². The molecule has 38 heavy (non-hydrogen) atoms. The monoisotopic (exact) mass is 515 g/mol. The van der Waals surface area contributed by atoms with Gasteiger partial charge in [0.15, 0.2) is 0 Å². The van der Waals surface area contributed by atoms with Crippen LogP contribution < -0.4 is 4.90 Å². The minimum absolute atomic E-state index is 0.114. The number of hydrogen-bond acceptors (Lipinski definition) is 5. The number of aliphatic hydroxyl groups excluding tert-OH is 1. The number of hydrogen-bond donors (Lipinski definition) is 1. The molecule has 8 heteroatoms. The lowest BCUT2D eigenvalue weighted by Crippen LogP contribution is -2.59. The van der Waals surface area contributed by atoms with Gasteiger partial charge in [0.2, 0.25) is 11.8 Å². The van der Waals surface area contributed by atoms with Gasteiger partial charge in [-0.15, -0.1) is 0 Å². The van der Waals surface area contributed by atoms with Crippen molar-refractivity contribution in [1.82, 2.24) is 9.80 Å². The van der Waals surface area contributed by atoms with Crippen LogP contribution in [-0.4, -0.2) is 83.2 Å².